The summed E-state index contributed by atoms with van der Waals surface area (Å²) >= 11 is 6.35. The fraction of sp³-hybridized carbons (Fsp3) is 0.125. The van der Waals surface area contributed by atoms with E-state index in [0.717, 1.165) is 27.6 Å². The normalized spacial score (nSPS) is 11.2. The van der Waals surface area contributed by atoms with Gasteiger partial charge in [-0.15, -0.1) is 5.10 Å². The molecule has 7 nitrogen and oxygen atoms in total. The van der Waals surface area contributed by atoms with Gasteiger partial charge in [0.2, 0.25) is 0 Å². The lowest BCUT2D eigenvalue weighted by Crippen LogP contribution is -2.30. The van der Waals surface area contributed by atoms with Gasteiger partial charge in [0, 0.05) is 29.9 Å². The first-order chi connectivity index (χ1) is 15.6. The second-order valence-corrected chi connectivity index (χ2v) is 8.06. The van der Waals surface area contributed by atoms with Gasteiger partial charge < -0.3 is 4.90 Å². The third kappa shape index (κ3) is 3.78. The van der Waals surface area contributed by atoms with Crippen LogP contribution in [0.1, 0.15) is 27.0 Å². The monoisotopic (exact) mass is 442 g/mol. The van der Waals surface area contributed by atoms with Gasteiger partial charge in [-0.3, -0.25) is 9.78 Å². The summed E-state index contributed by atoms with van der Waals surface area (Å²) in [6, 6.07) is 19.0. The number of halogens is 1. The van der Waals surface area contributed by atoms with E-state index in [-0.39, 0.29) is 5.91 Å². The van der Waals surface area contributed by atoms with Crippen LogP contribution in [-0.4, -0.2) is 35.8 Å². The molecular formula is C24H19ClN6O. The minimum atomic E-state index is -0.172. The van der Waals surface area contributed by atoms with Gasteiger partial charge in [0.1, 0.15) is 0 Å². The van der Waals surface area contributed by atoms with Gasteiger partial charge >= 0.3 is 0 Å². The number of benzene rings is 2. The minimum absolute atomic E-state index is 0.172. The summed E-state index contributed by atoms with van der Waals surface area (Å²) in [5.41, 5.74) is 4.87. The van der Waals surface area contributed by atoms with Crippen LogP contribution in [0.5, 0.6) is 0 Å². The van der Waals surface area contributed by atoms with Crippen molar-refractivity contribution in [2.45, 2.75) is 20.0 Å². The second-order valence-electron chi connectivity index (χ2n) is 7.65. The van der Waals surface area contributed by atoms with Crippen molar-refractivity contribution in [1.29, 1.82) is 0 Å². The summed E-state index contributed by atoms with van der Waals surface area (Å²) in [4.78, 5) is 19.5. The van der Waals surface area contributed by atoms with Crippen LogP contribution in [0.2, 0.25) is 5.02 Å². The fourth-order valence-electron chi connectivity index (χ4n) is 3.82. The number of aromatic nitrogens is 5. The first-order valence-electron chi connectivity index (χ1n) is 10.1. The van der Waals surface area contributed by atoms with Crippen molar-refractivity contribution in [1.82, 2.24) is 29.9 Å². The molecule has 0 aliphatic rings. The number of nitrogens with zero attached hydrogens (tertiary/aromatic N) is 6. The highest BCUT2D eigenvalue weighted by Crippen LogP contribution is 2.24. The van der Waals surface area contributed by atoms with E-state index in [9.17, 15) is 4.79 Å². The van der Waals surface area contributed by atoms with Crippen LogP contribution in [0.3, 0.4) is 0 Å². The SMILES string of the molecule is Cc1ccc2c(c1)cc(CN(Cc1cccnc1)C(=O)c1ccccc1Cl)c1nnnn12. The zero-order chi connectivity index (χ0) is 22.1. The quantitative estimate of drug-likeness (QED) is 0.401. The Kier molecular flexibility index (Phi) is 5.25. The molecule has 0 bridgehead atoms. The average Bonchev–Trinajstić information content (AvgIpc) is 3.29. The molecule has 0 atom stereocenters. The molecule has 0 unspecified atom stereocenters. The van der Waals surface area contributed by atoms with E-state index in [2.05, 4.69) is 26.6 Å². The summed E-state index contributed by atoms with van der Waals surface area (Å²) < 4.78 is 1.71. The molecule has 0 aliphatic carbocycles. The summed E-state index contributed by atoms with van der Waals surface area (Å²) in [6.07, 6.45) is 3.46. The molecule has 3 aromatic heterocycles. The molecule has 0 saturated carbocycles. The van der Waals surface area contributed by atoms with Crippen molar-refractivity contribution in [3.05, 3.63) is 100 Å². The van der Waals surface area contributed by atoms with Crippen molar-refractivity contribution in [2.75, 3.05) is 0 Å². The van der Waals surface area contributed by atoms with E-state index < -0.39 is 0 Å². The molecule has 0 spiro atoms. The standard InChI is InChI=1S/C24H19ClN6O/c1-16-8-9-22-18(11-16)12-19(23-27-28-29-31(22)23)15-30(14-17-5-4-10-26-13-17)24(32)20-6-2-3-7-21(20)25/h2-13H,14-15H2,1H3. The molecule has 2 aromatic carbocycles. The van der Waals surface area contributed by atoms with E-state index >= 15 is 0 Å². The maximum atomic E-state index is 13.5. The van der Waals surface area contributed by atoms with E-state index in [1.807, 2.05) is 43.3 Å². The van der Waals surface area contributed by atoms with Crippen LogP contribution in [0.25, 0.3) is 16.6 Å². The Morgan fingerprint density at radius 2 is 1.94 bits per heavy atom. The zero-order valence-corrected chi connectivity index (χ0v) is 18.1. The fourth-order valence-corrected chi connectivity index (χ4v) is 4.04. The zero-order valence-electron chi connectivity index (χ0n) is 17.3. The minimum Gasteiger partial charge on any atom is -0.330 e. The summed E-state index contributed by atoms with van der Waals surface area (Å²) in [5, 5.41) is 13.7. The summed E-state index contributed by atoms with van der Waals surface area (Å²) in [7, 11) is 0. The van der Waals surface area contributed by atoms with E-state index in [0.29, 0.717) is 29.3 Å². The van der Waals surface area contributed by atoms with Gasteiger partial charge in [0.25, 0.3) is 5.91 Å². The van der Waals surface area contributed by atoms with Crippen LogP contribution >= 0.6 is 11.6 Å². The van der Waals surface area contributed by atoms with E-state index in [1.165, 1.54) is 0 Å². The van der Waals surface area contributed by atoms with Crippen molar-refractivity contribution in [3.8, 4) is 0 Å². The number of aryl methyl sites for hydroxylation is 1. The molecule has 0 aliphatic heterocycles. The van der Waals surface area contributed by atoms with E-state index in [1.54, 1.807) is 40.0 Å². The van der Waals surface area contributed by atoms with Crippen LogP contribution in [0.4, 0.5) is 0 Å². The Bertz CT molecular complexity index is 1430. The predicted octanol–water partition coefficient (Wildman–Crippen LogP) is 4.48. The van der Waals surface area contributed by atoms with E-state index in [4.69, 9.17) is 11.6 Å². The van der Waals surface area contributed by atoms with Gasteiger partial charge in [0.05, 0.1) is 22.6 Å². The number of fused-ring (bicyclic) bond motifs is 3. The number of amides is 1. The highest BCUT2D eigenvalue weighted by atomic mass is 35.5. The first kappa shape index (κ1) is 20.1. The predicted molar refractivity (Wildman–Crippen MR) is 122 cm³/mol. The topological polar surface area (TPSA) is 76.3 Å². The average molecular weight is 443 g/mol. The molecule has 158 valence electrons. The van der Waals surface area contributed by atoms with Crippen LogP contribution in [-0.2, 0) is 13.1 Å². The number of rotatable bonds is 5. The number of pyridine rings is 2. The lowest BCUT2D eigenvalue weighted by atomic mass is 10.1. The van der Waals surface area contributed by atoms with Crippen LogP contribution < -0.4 is 0 Å². The highest BCUT2D eigenvalue weighted by molar-refractivity contribution is 6.33. The number of carbonyl (C=O) groups excluding carboxylic acids is 1. The Labute approximate surface area is 189 Å². The molecule has 3 heterocycles. The molecule has 1 amide bonds. The van der Waals surface area contributed by atoms with Gasteiger partial charge in [-0.2, -0.15) is 4.52 Å². The maximum absolute atomic E-state index is 13.5. The lowest BCUT2D eigenvalue weighted by Gasteiger charge is -2.24. The Morgan fingerprint density at radius 3 is 2.75 bits per heavy atom. The van der Waals surface area contributed by atoms with Gasteiger partial charge in [-0.25, -0.2) is 0 Å². The molecule has 0 saturated heterocycles. The molecule has 0 radical (unpaired) electrons. The largest absolute Gasteiger partial charge is 0.330 e. The second kappa shape index (κ2) is 8.36. The molecule has 5 rings (SSSR count). The first-order valence-corrected chi connectivity index (χ1v) is 10.5. The molecule has 8 heteroatoms. The van der Waals surface area contributed by atoms with Crippen LogP contribution in [0, 0.1) is 6.92 Å². The Morgan fingerprint density at radius 1 is 1.06 bits per heavy atom. The molecule has 0 fully saturated rings. The third-order valence-electron chi connectivity index (χ3n) is 5.35. The maximum Gasteiger partial charge on any atom is 0.255 e. The molecule has 0 N–H and O–H groups in total. The highest BCUT2D eigenvalue weighted by Gasteiger charge is 2.21. The van der Waals surface area contributed by atoms with Gasteiger partial charge in [0.15, 0.2) is 5.65 Å². The van der Waals surface area contributed by atoms with Crippen molar-refractivity contribution in [3.63, 3.8) is 0 Å². The number of hydrogen-bond donors (Lipinski definition) is 0. The van der Waals surface area contributed by atoms with Crippen molar-refractivity contribution in [2.24, 2.45) is 0 Å². The Hall–Kier alpha value is -3.84. The number of tetrazole rings is 1. The van der Waals surface area contributed by atoms with Crippen LogP contribution in [0.15, 0.2) is 73.1 Å². The molecule has 32 heavy (non-hydrogen) atoms. The van der Waals surface area contributed by atoms with Gasteiger partial charge in [-0.1, -0.05) is 41.4 Å². The van der Waals surface area contributed by atoms with Crippen molar-refractivity contribution >= 4 is 34.1 Å². The van der Waals surface area contributed by atoms with Gasteiger partial charge in [-0.05, 0) is 59.3 Å². The molecule has 5 aromatic rings. The molecular weight excluding hydrogens is 424 g/mol. The van der Waals surface area contributed by atoms with Crippen molar-refractivity contribution < 1.29 is 4.79 Å². The Balaban J connectivity index is 1.60. The number of hydrogen-bond acceptors (Lipinski definition) is 5. The summed E-state index contributed by atoms with van der Waals surface area (Å²) in [5.74, 6) is -0.172. The lowest BCUT2D eigenvalue weighted by molar-refractivity contribution is 0.0730. The summed E-state index contributed by atoms with van der Waals surface area (Å²) in [6.45, 7) is 2.72. The number of carbonyl (C=O) groups is 1. The smallest absolute Gasteiger partial charge is 0.255 e. The third-order valence-corrected chi connectivity index (χ3v) is 5.68.